The molecule has 1 saturated heterocycles. The van der Waals surface area contributed by atoms with Crippen molar-refractivity contribution in [1.29, 1.82) is 0 Å². The Labute approximate surface area is 182 Å². The fourth-order valence-electron chi connectivity index (χ4n) is 4.08. The van der Waals surface area contributed by atoms with Gasteiger partial charge in [0.25, 0.3) is 0 Å². The Morgan fingerprint density at radius 2 is 1.52 bits per heavy atom. The maximum absolute atomic E-state index is 13.1. The van der Waals surface area contributed by atoms with Crippen LogP contribution >= 0.6 is 0 Å². The van der Waals surface area contributed by atoms with Crippen LogP contribution in [0.25, 0.3) is 0 Å². The predicted molar refractivity (Wildman–Crippen MR) is 111 cm³/mol. The van der Waals surface area contributed by atoms with Gasteiger partial charge in [-0.25, -0.2) is 24.6 Å². The first-order chi connectivity index (χ1) is 14.3. The van der Waals surface area contributed by atoms with Crippen LogP contribution in [0.1, 0.15) is 65.9 Å². The van der Waals surface area contributed by atoms with Crippen molar-refractivity contribution in [3.8, 4) is 11.9 Å². The minimum absolute atomic E-state index is 0.128. The number of hydrazine groups is 1. The van der Waals surface area contributed by atoms with E-state index in [1.165, 1.54) is 24.2 Å². The van der Waals surface area contributed by atoms with Crippen LogP contribution in [0, 0.1) is 0 Å². The smallest absolute Gasteiger partial charge is 0.429 e. The molecular weight excluding hydrogens is 404 g/mol. The number of nitrogens with zero attached hydrogens (tertiary/aromatic N) is 4. The van der Waals surface area contributed by atoms with Gasteiger partial charge in [0.1, 0.15) is 11.2 Å². The summed E-state index contributed by atoms with van der Waals surface area (Å²) in [5.41, 5.74) is -0.645. The topological polar surface area (TPSA) is 103 Å². The number of rotatable bonds is 3. The highest BCUT2D eigenvalue weighted by Gasteiger charge is 2.57. The molecule has 2 fully saturated rings. The number of methoxy groups -OCH3 is 2. The number of carbonyl (C=O) groups is 2. The molecule has 10 heteroatoms. The van der Waals surface area contributed by atoms with Crippen molar-refractivity contribution >= 4 is 12.2 Å². The van der Waals surface area contributed by atoms with E-state index < -0.39 is 23.4 Å². The summed E-state index contributed by atoms with van der Waals surface area (Å²) in [6.07, 6.45) is 1.71. The summed E-state index contributed by atoms with van der Waals surface area (Å²) in [6, 6.07) is -0.342. The number of hydrogen-bond donors (Lipinski definition) is 0. The number of carbonyl (C=O) groups excluding carboxylic acids is 2. The second-order valence-corrected chi connectivity index (χ2v) is 9.77. The molecule has 2 heterocycles. The van der Waals surface area contributed by atoms with Crippen LogP contribution in [-0.2, 0) is 9.47 Å². The number of amides is 2. The molecule has 1 aromatic heterocycles. The summed E-state index contributed by atoms with van der Waals surface area (Å²) in [6.45, 7) is 10.7. The van der Waals surface area contributed by atoms with Crippen molar-refractivity contribution < 1.29 is 28.5 Å². The van der Waals surface area contributed by atoms with E-state index in [1.807, 2.05) is 0 Å². The van der Waals surface area contributed by atoms with Gasteiger partial charge < -0.3 is 18.9 Å². The van der Waals surface area contributed by atoms with Crippen LogP contribution < -0.4 is 9.47 Å². The zero-order chi connectivity index (χ0) is 23.1. The molecule has 2 bridgehead atoms. The van der Waals surface area contributed by atoms with E-state index in [9.17, 15) is 9.59 Å². The van der Waals surface area contributed by atoms with E-state index in [0.29, 0.717) is 18.7 Å². The largest absolute Gasteiger partial charge is 0.481 e. The Morgan fingerprint density at radius 1 is 0.935 bits per heavy atom. The van der Waals surface area contributed by atoms with E-state index in [1.54, 1.807) is 47.7 Å². The Morgan fingerprint density at radius 3 is 2.03 bits per heavy atom. The lowest BCUT2D eigenvalue weighted by Crippen LogP contribution is -2.57. The third kappa shape index (κ3) is 4.77. The fourth-order valence-corrected chi connectivity index (χ4v) is 4.08. The number of fused-ring (bicyclic) bond motifs is 2. The summed E-state index contributed by atoms with van der Waals surface area (Å²) in [7, 11) is 3.01. The Balaban J connectivity index is 1.95. The highest BCUT2D eigenvalue weighted by molar-refractivity contribution is 5.77. The van der Waals surface area contributed by atoms with Crippen molar-refractivity contribution in [1.82, 2.24) is 20.0 Å². The maximum atomic E-state index is 13.1. The van der Waals surface area contributed by atoms with Crippen molar-refractivity contribution in [2.24, 2.45) is 0 Å². The molecular formula is C21H32N4O6. The Hall–Kier alpha value is -2.78. The molecule has 2 amide bonds. The lowest BCUT2D eigenvalue weighted by molar-refractivity contribution is -0.0790. The first-order valence-corrected chi connectivity index (χ1v) is 10.3. The van der Waals surface area contributed by atoms with E-state index in [2.05, 4.69) is 9.97 Å². The number of hydrogen-bond acceptors (Lipinski definition) is 8. The maximum Gasteiger partial charge on any atom is 0.429 e. The van der Waals surface area contributed by atoms with Crippen LogP contribution in [0.5, 0.6) is 11.9 Å². The van der Waals surface area contributed by atoms with Gasteiger partial charge in [-0.1, -0.05) is 0 Å². The highest BCUT2D eigenvalue weighted by atomic mass is 16.6. The standard InChI is InChI=1S/C21H32N4O6/c1-20(2,3)30-18(26)24-12-9-13(14-11-22-17(29-8)23-16(14)28-7)15(10-12)25(24)19(27)31-21(4,5)6/h11-13,15H,9-10H2,1-8H3/t12-,13+,15-/m0/s1. The molecule has 0 radical (unpaired) electrons. The highest BCUT2D eigenvalue weighted by Crippen LogP contribution is 2.49. The first kappa shape index (κ1) is 22.9. The number of aromatic nitrogens is 2. The van der Waals surface area contributed by atoms with E-state index in [4.69, 9.17) is 18.9 Å². The van der Waals surface area contributed by atoms with Gasteiger partial charge >= 0.3 is 18.2 Å². The van der Waals surface area contributed by atoms with Gasteiger partial charge in [-0.2, -0.15) is 4.98 Å². The third-order valence-corrected chi connectivity index (χ3v) is 5.09. The molecule has 1 aliphatic heterocycles. The van der Waals surface area contributed by atoms with Gasteiger partial charge in [0, 0.05) is 17.7 Å². The summed E-state index contributed by atoms with van der Waals surface area (Å²) < 4.78 is 21.7. The Bertz CT molecular complexity index is 847. The van der Waals surface area contributed by atoms with Gasteiger partial charge in [-0.05, 0) is 54.4 Å². The third-order valence-electron chi connectivity index (χ3n) is 5.09. The Kier molecular flexibility index (Phi) is 5.94. The van der Waals surface area contributed by atoms with Crippen LogP contribution in [0.2, 0.25) is 0 Å². The molecule has 31 heavy (non-hydrogen) atoms. The second-order valence-electron chi connectivity index (χ2n) is 9.77. The lowest BCUT2D eigenvalue weighted by atomic mass is 9.94. The van der Waals surface area contributed by atoms with Crippen molar-refractivity contribution in [2.75, 3.05) is 14.2 Å². The zero-order valence-corrected chi connectivity index (χ0v) is 19.5. The molecule has 1 aromatic rings. The summed E-state index contributed by atoms with van der Waals surface area (Å²) in [5.74, 6) is 0.259. The zero-order valence-electron chi connectivity index (χ0n) is 19.5. The molecule has 0 spiro atoms. The average molecular weight is 437 g/mol. The first-order valence-electron chi connectivity index (χ1n) is 10.3. The van der Waals surface area contributed by atoms with Crippen molar-refractivity contribution in [2.45, 2.75) is 83.6 Å². The molecule has 0 aromatic carbocycles. The minimum Gasteiger partial charge on any atom is -0.481 e. The molecule has 10 nitrogen and oxygen atoms in total. The minimum atomic E-state index is -0.713. The summed E-state index contributed by atoms with van der Waals surface area (Å²) in [5, 5.41) is 2.79. The molecule has 0 unspecified atom stereocenters. The molecule has 1 aliphatic carbocycles. The molecule has 172 valence electrons. The molecule has 3 atom stereocenters. The van der Waals surface area contributed by atoms with E-state index in [0.717, 1.165) is 5.56 Å². The average Bonchev–Trinajstić information content (AvgIpc) is 3.23. The van der Waals surface area contributed by atoms with Crippen LogP contribution in [0.3, 0.4) is 0 Å². The van der Waals surface area contributed by atoms with Crippen LogP contribution in [-0.4, -0.2) is 69.7 Å². The predicted octanol–water partition coefficient (Wildman–Crippen LogP) is 3.51. The van der Waals surface area contributed by atoms with Gasteiger partial charge in [0.15, 0.2) is 0 Å². The van der Waals surface area contributed by atoms with Crippen molar-refractivity contribution in [3.63, 3.8) is 0 Å². The SMILES string of the molecule is COc1ncc([C@H]2C[C@H]3C[C@@H]2N(C(=O)OC(C)(C)C)N3C(=O)OC(C)(C)C)c(OC)n1. The lowest BCUT2D eigenvalue weighted by Gasteiger charge is -2.41. The monoisotopic (exact) mass is 436 g/mol. The van der Waals surface area contributed by atoms with Gasteiger partial charge in [0.2, 0.25) is 5.88 Å². The van der Waals surface area contributed by atoms with Crippen LogP contribution in [0.4, 0.5) is 9.59 Å². The fraction of sp³-hybridized carbons (Fsp3) is 0.714. The number of ether oxygens (including phenoxy) is 4. The van der Waals surface area contributed by atoms with Gasteiger partial charge in [0.05, 0.1) is 26.3 Å². The summed E-state index contributed by atoms with van der Waals surface area (Å²) >= 11 is 0. The van der Waals surface area contributed by atoms with Crippen molar-refractivity contribution in [3.05, 3.63) is 11.8 Å². The van der Waals surface area contributed by atoms with E-state index >= 15 is 0 Å². The molecule has 3 rings (SSSR count). The molecule has 1 saturated carbocycles. The van der Waals surface area contributed by atoms with Gasteiger partial charge in [-0.3, -0.25) is 0 Å². The quantitative estimate of drug-likeness (QED) is 0.709. The van der Waals surface area contributed by atoms with E-state index in [-0.39, 0.29) is 24.0 Å². The molecule has 0 N–H and O–H groups in total. The second kappa shape index (κ2) is 8.05. The normalized spacial score (nSPS) is 23.0. The van der Waals surface area contributed by atoms with Gasteiger partial charge in [-0.15, -0.1) is 0 Å². The van der Waals surface area contributed by atoms with Crippen LogP contribution in [0.15, 0.2) is 6.20 Å². The molecule has 2 aliphatic rings. The summed E-state index contributed by atoms with van der Waals surface area (Å²) in [4.78, 5) is 34.6.